The van der Waals surface area contributed by atoms with Crippen molar-refractivity contribution >= 4 is 5.97 Å². The summed E-state index contributed by atoms with van der Waals surface area (Å²) in [6.45, 7) is -1.36. The molecule has 0 amide bonds. The van der Waals surface area contributed by atoms with E-state index in [-0.39, 0.29) is 5.92 Å². The van der Waals surface area contributed by atoms with Crippen LogP contribution in [0.25, 0.3) is 0 Å². The van der Waals surface area contributed by atoms with Crippen molar-refractivity contribution in [1.29, 1.82) is 0 Å². The molecule has 1 aromatic rings. The maximum Gasteiger partial charge on any atom is 0.385 e. The first-order valence-electron chi connectivity index (χ1n) is 14.8. The van der Waals surface area contributed by atoms with Gasteiger partial charge in [0.1, 0.15) is 0 Å². The Hall–Kier alpha value is -2.71. The normalized spacial score (nSPS) is 19.4. The van der Waals surface area contributed by atoms with Gasteiger partial charge in [0.2, 0.25) is 0 Å². The molecule has 0 N–H and O–H groups in total. The third-order valence-corrected chi connectivity index (χ3v) is 8.58. The van der Waals surface area contributed by atoms with Gasteiger partial charge in [0.25, 0.3) is 0 Å². The zero-order valence-electron chi connectivity index (χ0n) is 25.8. The van der Waals surface area contributed by atoms with E-state index in [9.17, 15) is 92.6 Å². The van der Waals surface area contributed by atoms with Crippen LogP contribution in [0.1, 0.15) is 80.1 Å². The number of hydrogen-bond acceptors (Lipinski definition) is 2. The molecule has 51 heavy (non-hydrogen) atoms. The van der Waals surface area contributed by atoms with Crippen molar-refractivity contribution in [1.82, 2.24) is 0 Å². The number of benzene rings is 1. The van der Waals surface area contributed by atoms with E-state index in [1.807, 2.05) is 6.92 Å². The van der Waals surface area contributed by atoms with E-state index in [0.29, 0.717) is 24.3 Å². The number of hydrogen-bond donors (Lipinski definition) is 0. The van der Waals surface area contributed by atoms with Crippen LogP contribution in [0.15, 0.2) is 24.3 Å². The molecule has 0 aliphatic heterocycles. The van der Waals surface area contributed by atoms with Crippen LogP contribution < -0.4 is 0 Å². The van der Waals surface area contributed by atoms with Gasteiger partial charge in [-0.15, -0.1) is 0 Å². The summed E-state index contributed by atoms with van der Waals surface area (Å²) in [6.07, 6.45) is 1.19. The lowest BCUT2D eigenvalue weighted by Gasteiger charge is -2.44. The summed E-state index contributed by atoms with van der Waals surface area (Å²) in [7, 11) is 0. The molecule has 0 spiro atoms. The number of carbonyl (C=O) groups is 1. The Morgan fingerprint density at radius 1 is 0.627 bits per heavy atom. The Morgan fingerprint density at radius 2 is 1.04 bits per heavy atom. The maximum absolute atomic E-state index is 14.2. The maximum atomic E-state index is 14.2. The molecule has 1 aromatic carbocycles. The van der Waals surface area contributed by atoms with Crippen molar-refractivity contribution in [2.24, 2.45) is 5.92 Å². The van der Waals surface area contributed by atoms with Gasteiger partial charge >= 0.3 is 65.7 Å². The molecule has 1 aliphatic rings. The summed E-state index contributed by atoms with van der Waals surface area (Å²) in [5, 5.41) is 0. The van der Waals surface area contributed by atoms with Gasteiger partial charge in [-0.1, -0.05) is 44.7 Å². The fourth-order valence-electron chi connectivity index (χ4n) is 5.25. The molecule has 2 nitrogen and oxygen atoms in total. The number of carbonyl (C=O) groups excluding carboxylic acids is 1. The number of ether oxygens (including phenoxy) is 1. The lowest BCUT2D eigenvalue weighted by atomic mass is 9.77. The van der Waals surface area contributed by atoms with Crippen LogP contribution in [0.4, 0.5) is 87.8 Å². The van der Waals surface area contributed by atoms with E-state index in [2.05, 4.69) is 4.74 Å². The highest BCUT2D eigenvalue weighted by atomic mass is 19.4. The highest BCUT2D eigenvalue weighted by molar-refractivity contribution is 5.89. The summed E-state index contributed by atoms with van der Waals surface area (Å²) in [5.74, 6) is -77.6. The third kappa shape index (κ3) is 7.43. The largest absolute Gasteiger partial charge is 0.455 e. The Balaban J connectivity index is 2.26. The van der Waals surface area contributed by atoms with Gasteiger partial charge in [-0.25, -0.2) is 13.6 Å². The molecule has 296 valence electrons. The van der Waals surface area contributed by atoms with Crippen molar-refractivity contribution in [2.45, 2.75) is 124 Å². The fourth-order valence-corrected chi connectivity index (χ4v) is 5.25. The van der Waals surface area contributed by atoms with Crippen molar-refractivity contribution in [3.8, 4) is 0 Å². The second kappa shape index (κ2) is 14.6. The molecule has 1 saturated carbocycles. The van der Waals surface area contributed by atoms with Crippen LogP contribution in [0.3, 0.4) is 0 Å². The van der Waals surface area contributed by atoms with Crippen LogP contribution >= 0.6 is 0 Å². The van der Waals surface area contributed by atoms with Gasteiger partial charge in [0.15, 0.2) is 6.61 Å². The highest BCUT2D eigenvalue weighted by Crippen LogP contribution is 2.65. The topological polar surface area (TPSA) is 26.3 Å². The van der Waals surface area contributed by atoms with E-state index >= 15 is 0 Å². The number of alkyl halides is 20. The minimum atomic E-state index is -9.10. The zero-order valence-corrected chi connectivity index (χ0v) is 25.8. The fraction of sp³-hybridized carbons (Fsp3) is 0.759. The molecule has 0 unspecified atom stereocenters. The number of unbranched alkanes of at least 4 members (excludes halogenated alkanes) is 2. The standard InChI is InChI=1S/C29H28F20O2/c1-2-3-4-5-15-6-8-16(9-7-15)17-10-12-18(13-11-17)19(50)51-14-21(32,33)23(36,37)25(40,41)27(44,45)29(48,49)28(46,47)26(42,43)24(38,39)22(34,35)20(30)31/h10-13,15-16,20H,2-9,14H2,1H3. The molecule has 0 radical (unpaired) electrons. The predicted octanol–water partition coefficient (Wildman–Crippen LogP) is 11.7. The summed E-state index contributed by atoms with van der Waals surface area (Å²) < 4.78 is 276. The van der Waals surface area contributed by atoms with Crippen LogP contribution in [0.5, 0.6) is 0 Å². The van der Waals surface area contributed by atoms with Crippen molar-refractivity contribution < 1.29 is 97.3 Å². The minimum Gasteiger partial charge on any atom is -0.455 e. The Morgan fingerprint density at radius 3 is 1.45 bits per heavy atom. The molecular formula is C29H28F20O2. The van der Waals surface area contributed by atoms with Gasteiger partial charge in [-0.05, 0) is 55.2 Å². The molecule has 0 aromatic heterocycles. The van der Waals surface area contributed by atoms with Crippen molar-refractivity contribution in [2.75, 3.05) is 6.61 Å². The van der Waals surface area contributed by atoms with Crippen molar-refractivity contribution in [3.05, 3.63) is 35.4 Å². The molecule has 1 fully saturated rings. The minimum absolute atomic E-state index is 0.0260. The second-order valence-electron chi connectivity index (χ2n) is 12.1. The summed E-state index contributed by atoms with van der Waals surface area (Å²) in [5.41, 5.74) is -0.116. The van der Waals surface area contributed by atoms with Gasteiger partial charge in [-0.2, -0.15) is 79.0 Å². The quantitative estimate of drug-likeness (QED) is 0.0893. The lowest BCUT2D eigenvalue weighted by molar-refractivity contribution is -0.465. The van der Waals surface area contributed by atoms with E-state index in [1.165, 1.54) is 12.1 Å². The first-order chi connectivity index (χ1) is 22.8. The van der Waals surface area contributed by atoms with Crippen LogP contribution in [0, 0.1) is 5.92 Å². The van der Waals surface area contributed by atoms with Gasteiger partial charge in [0.05, 0.1) is 5.56 Å². The molecule has 0 saturated heterocycles. The zero-order chi connectivity index (χ0) is 39.9. The summed E-state index contributed by atoms with van der Waals surface area (Å²) in [4.78, 5) is 12.1. The van der Waals surface area contributed by atoms with E-state index in [1.54, 1.807) is 0 Å². The SMILES string of the molecule is CCCCCC1CCC(c2ccc(C(=O)OCC(F)(F)C(F)(F)C(F)(F)C(F)(F)C(F)(F)C(F)(F)C(F)(F)C(F)(F)C(F)(F)C(F)F)cc2)CC1. The summed E-state index contributed by atoms with van der Waals surface area (Å²) in [6, 6.07) is 4.33. The van der Waals surface area contributed by atoms with Crippen molar-refractivity contribution in [3.63, 3.8) is 0 Å². The van der Waals surface area contributed by atoms with Crippen LogP contribution in [-0.4, -0.2) is 72.3 Å². The molecule has 0 bridgehead atoms. The van der Waals surface area contributed by atoms with E-state index in [4.69, 9.17) is 0 Å². The van der Waals surface area contributed by atoms with E-state index in [0.717, 1.165) is 50.7 Å². The number of esters is 1. The van der Waals surface area contributed by atoms with Crippen LogP contribution in [-0.2, 0) is 4.74 Å². The second-order valence-corrected chi connectivity index (χ2v) is 12.1. The monoisotopic (exact) mass is 788 g/mol. The Bertz CT molecular complexity index is 1320. The van der Waals surface area contributed by atoms with Gasteiger partial charge in [-0.3, -0.25) is 0 Å². The third-order valence-electron chi connectivity index (χ3n) is 8.58. The average molecular weight is 789 g/mol. The lowest BCUT2D eigenvalue weighted by Crippen LogP contribution is -2.76. The van der Waals surface area contributed by atoms with E-state index < -0.39 is 77.9 Å². The average Bonchev–Trinajstić information content (AvgIpc) is 3.03. The number of rotatable bonds is 17. The Labute approximate surface area is 275 Å². The van der Waals surface area contributed by atoms with Gasteiger partial charge < -0.3 is 4.74 Å². The van der Waals surface area contributed by atoms with Crippen LogP contribution in [0.2, 0.25) is 0 Å². The first-order valence-corrected chi connectivity index (χ1v) is 14.8. The molecule has 22 heteroatoms. The smallest absolute Gasteiger partial charge is 0.385 e. The Kier molecular flexibility index (Phi) is 12.7. The molecule has 0 atom stereocenters. The highest BCUT2D eigenvalue weighted by Gasteiger charge is 2.96. The molecule has 0 heterocycles. The predicted molar refractivity (Wildman–Crippen MR) is 136 cm³/mol. The molecule has 1 aliphatic carbocycles. The molecule has 2 rings (SSSR count). The van der Waals surface area contributed by atoms with Gasteiger partial charge in [0, 0.05) is 0 Å². The first kappa shape index (κ1) is 44.5. The number of halogens is 20. The molecular weight excluding hydrogens is 760 g/mol. The summed E-state index contributed by atoms with van der Waals surface area (Å²) >= 11 is 0.